The third kappa shape index (κ3) is 3.57. The van der Waals surface area contributed by atoms with Crippen LogP contribution in [0, 0.1) is 0 Å². The van der Waals surface area contributed by atoms with Gasteiger partial charge in [0.15, 0.2) is 5.82 Å². The molecule has 0 bridgehead atoms. The van der Waals surface area contributed by atoms with E-state index in [1.165, 1.54) is 16.8 Å². The lowest BCUT2D eigenvalue weighted by atomic mass is 10.1. The van der Waals surface area contributed by atoms with Gasteiger partial charge in [-0.3, -0.25) is 9.89 Å². The highest BCUT2D eigenvalue weighted by Gasteiger charge is 2.27. The average molecular weight is 421 g/mol. The summed E-state index contributed by atoms with van der Waals surface area (Å²) in [6.45, 7) is 7.98. The summed E-state index contributed by atoms with van der Waals surface area (Å²) in [5, 5.41) is 21.6. The first-order valence-corrected chi connectivity index (χ1v) is 10.8. The maximum atomic E-state index is 13.3. The number of aromatic hydroxyl groups is 1. The molecule has 8 heteroatoms. The highest BCUT2D eigenvalue weighted by molar-refractivity contribution is 6.03. The van der Waals surface area contributed by atoms with Crippen LogP contribution < -0.4 is 10.2 Å². The molecular formula is C23H28N6O2. The van der Waals surface area contributed by atoms with Gasteiger partial charge < -0.3 is 25.1 Å². The van der Waals surface area contributed by atoms with E-state index in [0.717, 1.165) is 38.1 Å². The molecule has 3 heterocycles. The van der Waals surface area contributed by atoms with Crippen molar-refractivity contribution in [3.8, 4) is 5.75 Å². The smallest absolute Gasteiger partial charge is 0.258 e. The predicted molar refractivity (Wildman–Crippen MR) is 122 cm³/mol. The Hall–Kier alpha value is -3.26. The summed E-state index contributed by atoms with van der Waals surface area (Å²) in [6.07, 6.45) is 0. The van der Waals surface area contributed by atoms with Crippen LogP contribution in [0.15, 0.2) is 30.3 Å². The number of rotatable bonds is 4. The van der Waals surface area contributed by atoms with Gasteiger partial charge in [-0.15, -0.1) is 0 Å². The van der Waals surface area contributed by atoms with Crippen molar-refractivity contribution in [3.63, 3.8) is 0 Å². The number of phenols is 1. The number of hydrogen-bond donors (Lipinski definition) is 3. The van der Waals surface area contributed by atoms with Gasteiger partial charge in [0.2, 0.25) is 0 Å². The Bertz CT molecular complexity index is 1130. The molecule has 0 aliphatic carbocycles. The molecule has 2 aliphatic rings. The van der Waals surface area contributed by atoms with Crippen molar-refractivity contribution >= 4 is 28.3 Å². The zero-order valence-corrected chi connectivity index (χ0v) is 18.0. The molecule has 1 fully saturated rings. The van der Waals surface area contributed by atoms with Gasteiger partial charge in [0.05, 0.1) is 11.1 Å². The number of carbonyl (C=O) groups is 1. The first-order chi connectivity index (χ1) is 15.0. The van der Waals surface area contributed by atoms with Gasteiger partial charge in [0.1, 0.15) is 5.75 Å². The molecule has 0 spiro atoms. The number of aromatic nitrogens is 2. The predicted octanol–water partition coefficient (Wildman–Crippen LogP) is 2.61. The van der Waals surface area contributed by atoms with Gasteiger partial charge in [-0.1, -0.05) is 6.07 Å². The fourth-order valence-electron chi connectivity index (χ4n) is 4.48. The Balaban J connectivity index is 1.37. The summed E-state index contributed by atoms with van der Waals surface area (Å²) in [7, 11) is 2.15. The molecular weight excluding hydrogens is 392 g/mol. The average Bonchev–Trinajstić information content (AvgIpc) is 3.37. The van der Waals surface area contributed by atoms with Crippen LogP contribution in [0.1, 0.15) is 28.4 Å². The SMILES string of the molecule is CCNc1n[nH]c2cc(O)c(C(=O)N3Cc4ccc(N5CCN(C)CC5)cc4C3)cc12. The fraction of sp³-hybridized carbons (Fsp3) is 0.391. The van der Waals surface area contributed by atoms with Crippen LogP contribution in [-0.2, 0) is 13.1 Å². The van der Waals surface area contributed by atoms with E-state index in [9.17, 15) is 9.90 Å². The number of H-pyrrole nitrogens is 1. The van der Waals surface area contributed by atoms with E-state index in [2.05, 4.69) is 50.6 Å². The Morgan fingerprint density at radius 2 is 1.90 bits per heavy atom. The second-order valence-corrected chi connectivity index (χ2v) is 8.42. The number of nitrogens with one attached hydrogen (secondary N) is 2. The second kappa shape index (κ2) is 7.77. The molecule has 2 aromatic carbocycles. The van der Waals surface area contributed by atoms with E-state index in [-0.39, 0.29) is 11.7 Å². The van der Waals surface area contributed by atoms with Crippen molar-refractivity contribution in [1.82, 2.24) is 20.0 Å². The van der Waals surface area contributed by atoms with Gasteiger partial charge >= 0.3 is 0 Å². The van der Waals surface area contributed by atoms with Crippen molar-refractivity contribution in [2.75, 3.05) is 50.0 Å². The number of nitrogens with zero attached hydrogens (tertiary/aromatic N) is 4. The van der Waals surface area contributed by atoms with Crippen molar-refractivity contribution in [3.05, 3.63) is 47.0 Å². The zero-order valence-electron chi connectivity index (χ0n) is 18.0. The van der Waals surface area contributed by atoms with Crippen LogP contribution in [0.2, 0.25) is 0 Å². The van der Waals surface area contributed by atoms with Gasteiger partial charge in [0.25, 0.3) is 5.91 Å². The third-order valence-corrected chi connectivity index (χ3v) is 6.32. The molecule has 1 saturated heterocycles. The van der Waals surface area contributed by atoms with Crippen LogP contribution in [-0.4, -0.2) is 70.8 Å². The number of aromatic amines is 1. The Kier molecular flexibility index (Phi) is 4.94. The molecule has 1 aromatic heterocycles. The van der Waals surface area contributed by atoms with Crippen LogP contribution in [0.5, 0.6) is 5.75 Å². The Labute approximate surface area is 181 Å². The fourth-order valence-corrected chi connectivity index (χ4v) is 4.48. The maximum absolute atomic E-state index is 13.3. The zero-order chi connectivity index (χ0) is 21.5. The van der Waals surface area contributed by atoms with E-state index in [1.54, 1.807) is 17.0 Å². The first kappa shape index (κ1) is 19.7. The van der Waals surface area contributed by atoms with Crippen molar-refractivity contribution in [2.24, 2.45) is 0 Å². The van der Waals surface area contributed by atoms with Gasteiger partial charge in [-0.2, -0.15) is 5.10 Å². The summed E-state index contributed by atoms with van der Waals surface area (Å²) in [6, 6.07) is 9.82. The number of fused-ring (bicyclic) bond motifs is 2. The van der Waals surface area contributed by atoms with Gasteiger partial charge in [-0.25, -0.2) is 0 Å². The minimum atomic E-state index is -0.166. The molecule has 2 aliphatic heterocycles. The minimum absolute atomic E-state index is 0.0294. The van der Waals surface area contributed by atoms with Crippen LogP contribution in [0.25, 0.3) is 10.9 Å². The van der Waals surface area contributed by atoms with Crippen molar-refractivity contribution in [2.45, 2.75) is 20.0 Å². The quantitative estimate of drug-likeness (QED) is 0.601. The molecule has 162 valence electrons. The lowest BCUT2D eigenvalue weighted by Crippen LogP contribution is -2.44. The summed E-state index contributed by atoms with van der Waals surface area (Å²) in [5.74, 6) is 0.492. The number of carbonyl (C=O) groups excluding carboxylic acids is 1. The molecule has 3 N–H and O–H groups in total. The van der Waals surface area contributed by atoms with E-state index in [0.29, 0.717) is 30.0 Å². The number of phenolic OH excluding ortho intramolecular Hbond substituents is 1. The number of likely N-dealkylation sites (N-methyl/N-ethyl adjacent to an activating group) is 1. The summed E-state index contributed by atoms with van der Waals surface area (Å²) >= 11 is 0. The normalized spacial score (nSPS) is 16.7. The van der Waals surface area contributed by atoms with Crippen molar-refractivity contribution in [1.29, 1.82) is 0 Å². The number of piperazine rings is 1. The molecule has 31 heavy (non-hydrogen) atoms. The molecule has 8 nitrogen and oxygen atoms in total. The first-order valence-electron chi connectivity index (χ1n) is 10.8. The molecule has 0 unspecified atom stereocenters. The third-order valence-electron chi connectivity index (χ3n) is 6.32. The number of amides is 1. The topological polar surface area (TPSA) is 87.7 Å². The minimum Gasteiger partial charge on any atom is -0.507 e. The lowest BCUT2D eigenvalue weighted by molar-refractivity contribution is 0.0748. The van der Waals surface area contributed by atoms with E-state index in [1.807, 2.05) is 6.92 Å². The number of benzene rings is 2. The molecule has 0 atom stereocenters. The Morgan fingerprint density at radius 3 is 2.68 bits per heavy atom. The summed E-state index contributed by atoms with van der Waals surface area (Å²) < 4.78 is 0. The number of anilines is 2. The standard InChI is InChI=1S/C23H28N6O2/c1-3-24-22-18-11-19(21(30)12-20(18)25-26-22)23(31)29-13-15-4-5-17(10-16(15)14-29)28-8-6-27(2)7-9-28/h4-5,10-12,30H,3,6-9,13-14H2,1-2H3,(H2,24,25,26). The van der Waals surface area contributed by atoms with Gasteiger partial charge in [0, 0.05) is 63.0 Å². The van der Waals surface area contributed by atoms with E-state index >= 15 is 0 Å². The molecule has 0 saturated carbocycles. The largest absolute Gasteiger partial charge is 0.507 e. The highest BCUT2D eigenvalue weighted by Crippen LogP contribution is 2.33. The van der Waals surface area contributed by atoms with Gasteiger partial charge in [-0.05, 0) is 43.3 Å². The van der Waals surface area contributed by atoms with E-state index in [4.69, 9.17) is 0 Å². The van der Waals surface area contributed by atoms with Crippen LogP contribution >= 0.6 is 0 Å². The molecule has 0 radical (unpaired) electrons. The molecule has 1 amide bonds. The molecule has 5 rings (SSSR count). The second-order valence-electron chi connectivity index (χ2n) is 8.42. The van der Waals surface area contributed by atoms with Crippen LogP contribution in [0.3, 0.4) is 0 Å². The highest BCUT2D eigenvalue weighted by atomic mass is 16.3. The monoisotopic (exact) mass is 420 g/mol. The van der Waals surface area contributed by atoms with E-state index < -0.39 is 0 Å². The Morgan fingerprint density at radius 1 is 1.13 bits per heavy atom. The van der Waals surface area contributed by atoms with Crippen LogP contribution in [0.4, 0.5) is 11.5 Å². The summed E-state index contributed by atoms with van der Waals surface area (Å²) in [4.78, 5) is 19.8. The maximum Gasteiger partial charge on any atom is 0.258 e. The summed E-state index contributed by atoms with van der Waals surface area (Å²) in [5.41, 5.74) is 4.58. The molecule has 3 aromatic rings. The van der Waals surface area contributed by atoms with Crippen molar-refractivity contribution < 1.29 is 9.90 Å². The number of hydrogen-bond acceptors (Lipinski definition) is 6. The lowest BCUT2D eigenvalue weighted by Gasteiger charge is -2.34.